The molecule has 0 aliphatic heterocycles. The van der Waals surface area contributed by atoms with Gasteiger partial charge in [0.1, 0.15) is 0 Å². The Bertz CT molecular complexity index is 212. The molecule has 74 valence electrons. The van der Waals surface area contributed by atoms with Crippen molar-refractivity contribution < 1.29 is 10.2 Å². The summed E-state index contributed by atoms with van der Waals surface area (Å²) in [6.07, 6.45) is 5.77. The van der Waals surface area contributed by atoms with Crippen LogP contribution in [-0.4, -0.2) is 22.9 Å². The van der Waals surface area contributed by atoms with Gasteiger partial charge in [0.05, 0.1) is 12.7 Å². The fourth-order valence-corrected chi connectivity index (χ4v) is 4.40. The molecule has 4 aliphatic carbocycles. The summed E-state index contributed by atoms with van der Waals surface area (Å²) in [5.74, 6) is 2.14. The zero-order valence-corrected chi connectivity index (χ0v) is 7.95. The Morgan fingerprint density at radius 3 is 2.23 bits per heavy atom. The first-order chi connectivity index (χ1) is 6.23. The van der Waals surface area contributed by atoms with E-state index in [-0.39, 0.29) is 18.1 Å². The molecule has 0 radical (unpaired) electrons. The standard InChI is InChI=1S/C11H18O2/c12-6-11-4-7-1-8(5-11)3-9(2-7)10(11)13/h7-10,12-13H,1-6H2/t7-,8+,9?,10?,11?. The van der Waals surface area contributed by atoms with E-state index in [0.29, 0.717) is 5.92 Å². The maximum absolute atomic E-state index is 10.1. The van der Waals surface area contributed by atoms with Crippen molar-refractivity contribution in [2.75, 3.05) is 6.61 Å². The highest BCUT2D eigenvalue weighted by molar-refractivity contribution is 5.06. The van der Waals surface area contributed by atoms with Crippen LogP contribution in [0, 0.1) is 23.2 Å². The van der Waals surface area contributed by atoms with Crippen molar-refractivity contribution in [1.29, 1.82) is 0 Å². The average molecular weight is 182 g/mol. The van der Waals surface area contributed by atoms with Crippen molar-refractivity contribution in [2.24, 2.45) is 23.2 Å². The molecule has 5 atom stereocenters. The molecule has 0 saturated heterocycles. The van der Waals surface area contributed by atoms with Gasteiger partial charge in [0.15, 0.2) is 0 Å². The first-order valence-electron chi connectivity index (χ1n) is 5.52. The zero-order chi connectivity index (χ0) is 9.05. The summed E-state index contributed by atoms with van der Waals surface area (Å²) in [5.41, 5.74) is -0.0885. The smallest absolute Gasteiger partial charge is 0.0646 e. The topological polar surface area (TPSA) is 40.5 Å². The molecule has 13 heavy (non-hydrogen) atoms. The van der Waals surface area contributed by atoms with E-state index in [2.05, 4.69) is 0 Å². The van der Waals surface area contributed by atoms with Crippen LogP contribution < -0.4 is 0 Å². The van der Waals surface area contributed by atoms with Crippen molar-refractivity contribution in [3.8, 4) is 0 Å². The largest absolute Gasteiger partial charge is 0.396 e. The molecule has 3 unspecified atom stereocenters. The zero-order valence-electron chi connectivity index (χ0n) is 7.95. The van der Waals surface area contributed by atoms with E-state index in [9.17, 15) is 10.2 Å². The van der Waals surface area contributed by atoms with Gasteiger partial charge in [0.2, 0.25) is 0 Å². The van der Waals surface area contributed by atoms with Crippen LogP contribution in [0.15, 0.2) is 0 Å². The monoisotopic (exact) mass is 182 g/mol. The van der Waals surface area contributed by atoms with Crippen LogP contribution in [0.1, 0.15) is 32.1 Å². The lowest BCUT2D eigenvalue weighted by atomic mass is 9.48. The molecule has 2 N–H and O–H groups in total. The van der Waals surface area contributed by atoms with E-state index in [1.807, 2.05) is 0 Å². The fourth-order valence-electron chi connectivity index (χ4n) is 4.40. The molecule has 4 fully saturated rings. The van der Waals surface area contributed by atoms with Crippen molar-refractivity contribution in [1.82, 2.24) is 0 Å². The Labute approximate surface area is 79.0 Å². The maximum atomic E-state index is 10.1. The molecule has 0 aromatic carbocycles. The molecule has 4 rings (SSSR count). The average Bonchev–Trinajstić information content (AvgIpc) is 2.12. The predicted octanol–water partition coefficient (Wildman–Crippen LogP) is 1.17. The normalized spacial score (nSPS) is 58.6. The number of hydrogen-bond acceptors (Lipinski definition) is 2. The van der Waals surface area contributed by atoms with E-state index < -0.39 is 0 Å². The van der Waals surface area contributed by atoms with Gasteiger partial charge in [0.25, 0.3) is 0 Å². The van der Waals surface area contributed by atoms with Crippen LogP contribution in [-0.2, 0) is 0 Å². The van der Waals surface area contributed by atoms with E-state index in [0.717, 1.165) is 24.7 Å². The summed E-state index contributed by atoms with van der Waals surface area (Å²) in [6, 6.07) is 0. The van der Waals surface area contributed by atoms with Crippen molar-refractivity contribution in [3.63, 3.8) is 0 Å². The Morgan fingerprint density at radius 2 is 1.69 bits per heavy atom. The van der Waals surface area contributed by atoms with Gasteiger partial charge in [-0.3, -0.25) is 0 Å². The Balaban J connectivity index is 1.95. The number of rotatable bonds is 1. The van der Waals surface area contributed by atoms with Crippen LogP contribution in [0.25, 0.3) is 0 Å². The second kappa shape index (κ2) is 2.48. The quantitative estimate of drug-likeness (QED) is 0.639. The molecule has 0 amide bonds. The summed E-state index contributed by atoms with van der Waals surface area (Å²) >= 11 is 0. The third kappa shape index (κ3) is 0.962. The number of aliphatic hydroxyl groups is 2. The Kier molecular flexibility index (Phi) is 1.58. The lowest BCUT2D eigenvalue weighted by Gasteiger charge is -2.59. The van der Waals surface area contributed by atoms with Gasteiger partial charge >= 0.3 is 0 Å². The summed E-state index contributed by atoms with van der Waals surface area (Å²) in [7, 11) is 0. The molecule has 0 spiro atoms. The molecule has 0 aromatic rings. The number of aliphatic hydroxyl groups excluding tert-OH is 2. The molecular formula is C11H18O2. The highest BCUT2D eigenvalue weighted by Gasteiger charge is 2.56. The summed E-state index contributed by atoms with van der Waals surface area (Å²) < 4.78 is 0. The second-order valence-electron chi connectivity index (χ2n) is 5.57. The summed E-state index contributed by atoms with van der Waals surface area (Å²) in [4.78, 5) is 0. The molecule has 2 nitrogen and oxygen atoms in total. The van der Waals surface area contributed by atoms with Crippen molar-refractivity contribution >= 4 is 0 Å². The van der Waals surface area contributed by atoms with Gasteiger partial charge in [0, 0.05) is 5.41 Å². The minimum Gasteiger partial charge on any atom is -0.396 e. The van der Waals surface area contributed by atoms with Crippen molar-refractivity contribution in [2.45, 2.75) is 38.2 Å². The van der Waals surface area contributed by atoms with Gasteiger partial charge < -0.3 is 10.2 Å². The Morgan fingerprint density at radius 1 is 1.08 bits per heavy atom. The first kappa shape index (κ1) is 8.25. The van der Waals surface area contributed by atoms with E-state index in [1.54, 1.807) is 0 Å². The molecule has 4 saturated carbocycles. The fraction of sp³-hybridized carbons (Fsp3) is 1.00. The van der Waals surface area contributed by atoms with Crippen LogP contribution in [0.4, 0.5) is 0 Å². The molecule has 0 heterocycles. The van der Waals surface area contributed by atoms with E-state index >= 15 is 0 Å². The Hall–Kier alpha value is -0.0800. The molecule has 0 aromatic heterocycles. The highest BCUT2D eigenvalue weighted by Crippen LogP contribution is 2.59. The molecular weight excluding hydrogens is 164 g/mol. The van der Waals surface area contributed by atoms with E-state index in [4.69, 9.17) is 0 Å². The van der Waals surface area contributed by atoms with Gasteiger partial charge in [-0.05, 0) is 49.9 Å². The van der Waals surface area contributed by atoms with Gasteiger partial charge in [-0.15, -0.1) is 0 Å². The predicted molar refractivity (Wildman–Crippen MR) is 49.1 cm³/mol. The van der Waals surface area contributed by atoms with Crippen LogP contribution in [0.5, 0.6) is 0 Å². The lowest BCUT2D eigenvalue weighted by molar-refractivity contribution is -0.171. The second-order valence-corrected chi connectivity index (χ2v) is 5.57. The van der Waals surface area contributed by atoms with Gasteiger partial charge in [-0.25, -0.2) is 0 Å². The third-order valence-corrected chi connectivity index (χ3v) is 4.72. The third-order valence-electron chi connectivity index (χ3n) is 4.72. The number of hydrogen-bond donors (Lipinski definition) is 2. The van der Waals surface area contributed by atoms with Crippen LogP contribution >= 0.6 is 0 Å². The SMILES string of the molecule is OCC12C[C@@H]3CC(C[C@@H](C3)C1)C2O. The maximum Gasteiger partial charge on any atom is 0.0646 e. The molecule has 4 aliphatic rings. The van der Waals surface area contributed by atoms with E-state index in [1.165, 1.54) is 19.3 Å². The minimum atomic E-state index is -0.203. The van der Waals surface area contributed by atoms with Gasteiger partial charge in [-0.1, -0.05) is 0 Å². The minimum absolute atomic E-state index is 0.0885. The molecule has 4 bridgehead atoms. The molecule has 2 heteroatoms. The first-order valence-corrected chi connectivity index (χ1v) is 5.52. The summed E-state index contributed by atoms with van der Waals surface area (Å²) in [6.45, 7) is 0.206. The van der Waals surface area contributed by atoms with Gasteiger partial charge in [-0.2, -0.15) is 0 Å². The highest BCUT2D eigenvalue weighted by atomic mass is 16.3. The lowest BCUT2D eigenvalue weighted by Crippen LogP contribution is -2.57. The van der Waals surface area contributed by atoms with Crippen LogP contribution in [0.3, 0.4) is 0 Å². The van der Waals surface area contributed by atoms with Crippen LogP contribution in [0.2, 0.25) is 0 Å². The van der Waals surface area contributed by atoms with Crippen molar-refractivity contribution in [3.05, 3.63) is 0 Å². The summed E-state index contributed by atoms with van der Waals surface area (Å²) in [5, 5.41) is 19.6.